The van der Waals surface area contributed by atoms with Gasteiger partial charge in [0.1, 0.15) is 6.61 Å². The highest BCUT2D eigenvalue weighted by Crippen LogP contribution is 2.50. The Labute approximate surface area is 203 Å². The molecule has 174 valence electrons. The van der Waals surface area contributed by atoms with Crippen LogP contribution in [0.5, 0.6) is 0 Å². The molecule has 3 aromatic rings. The molecule has 0 spiro atoms. The minimum absolute atomic E-state index is 0.0975. The number of aliphatic imine (C=N–C) groups is 1. The molecule has 2 heterocycles. The molecule has 2 fully saturated rings. The summed E-state index contributed by atoms with van der Waals surface area (Å²) >= 11 is 6.05. The number of aromatic nitrogens is 3. The number of hydrogen-bond acceptors (Lipinski definition) is 4. The molecule has 1 aromatic heterocycles. The quantitative estimate of drug-likeness (QED) is 0.243. The van der Waals surface area contributed by atoms with Gasteiger partial charge < -0.3 is 14.6 Å². The first kappa shape index (κ1) is 22.4. The molecule has 0 unspecified atom stereocenters. The van der Waals surface area contributed by atoms with E-state index in [9.17, 15) is 5.11 Å². The highest BCUT2D eigenvalue weighted by molar-refractivity contribution is 6.30. The van der Waals surface area contributed by atoms with E-state index < -0.39 is 0 Å². The van der Waals surface area contributed by atoms with E-state index in [2.05, 4.69) is 37.6 Å². The molecule has 1 aliphatic heterocycles. The van der Waals surface area contributed by atoms with Crippen molar-refractivity contribution in [3.8, 4) is 0 Å². The summed E-state index contributed by atoms with van der Waals surface area (Å²) in [6.07, 6.45) is 3.73. The first-order chi connectivity index (χ1) is 16.6. The van der Waals surface area contributed by atoms with Gasteiger partial charge in [0.05, 0.1) is 18.1 Å². The van der Waals surface area contributed by atoms with Crippen molar-refractivity contribution in [3.63, 3.8) is 0 Å². The number of benzene rings is 2. The summed E-state index contributed by atoms with van der Waals surface area (Å²) in [6.45, 7) is 8.56. The van der Waals surface area contributed by atoms with E-state index >= 15 is 0 Å². The van der Waals surface area contributed by atoms with Gasteiger partial charge in [-0.25, -0.2) is 4.99 Å². The van der Waals surface area contributed by atoms with Gasteiger partial charge >= 0.3 is 0 Å². The van der Waals surface area contributed by atoms with Gasteiger partial charge in [-0.05, 0) is 48.9 Å². The SMILES string of the molecule is [C-]#[N+]NC(=NC1(c2ccccc2)CC1)N1CCC[C@@H]1c1nnc(CO)n1Cc1ccc(Cl)cc1. The summed E-state index contributed by atoms with van der Waals surface area (Å²) in [5, 5.41) is 19.3. The average molecular weight is 476 g/mol. The molecule has 8 nitrogen and oxygen atoms in total. The smallest absolute Gasteiger partial charge is 0.266 e. The predicted octanol–water partition coefficient (Wildman–Crippen LogP) is 4.08. The molecule has 5 rings (SSSR count). The summed E-state index contributed by atoms with van der Waals surface area (Å²) in [7, 11) is 0. The van der Waals surface area contributed by atoms with Crippen molar-refractivity contribution in [1.82, 2.24) is 25.1 Å². The van der Waals surface area contributed by atoms with Crippen molar-refractivity contribution in [2.75, 3.05) is 6.54 Å². The summed E-state index contributed by atoms with van der Waals surface area (Å²) in [6, 6.07) is 17.8. The van der Waals surface area contributed by atoms with Gasteiger partial charge in [0.25, 0.3) is 5.96 Å². The third kappa shape index (κ3) is 4.37. The highest BCUT2D eigenvalue weighted by atomic mass is 35.5. The van der Waals surface area contributed by atoms with Crippen LogP contribution in [0.2, 0.25) is 5.02 Å². The lowest BCUT2D eigenvalue weighted by atomic mass is 10.1. The molecule has 2 aromatic carbocycles. The van der Waals surface area contributed by atoms with Gasteiger partial charge in [0, 0.05) is 11.6 Å². The summed E-state index contributed by atoms with van der Waals surface area (Å²) in [5.41, 5.74) is 4.76. The third-order valence-electron chi connectivity index (χ3n) is 6.58. The second kappa shape index (κ2) is 9.45. The molecule has 1 saturated heterocycles. The molecule has 1 aliphatic carbocycles. The van der Waals surface area contributed by atoms with Crippen LogP contribution in [0.3, 0.4) is 0 Å². The fourth-order valence-corrected chi connectivity index (χ4v) is 4.81. The molecule has 2 aliphatic rings. The molecular formula is C25H26ClN7O. The monoisotopic (exact) mass is 475 g/mol. The first-order valence-corrected chi connectivity index (χ1v) is 11.8. The van der Waals surface area contributed by atoms with Crippen LogP contribution < -0.4 is 5.43 Å². The maximum Gasteiger partial charge on any atom is 0.266 e. The van der Waals surface area contributed by atoms with Crippen molar-refractivity contribution in [2.45, 2.75) is 50.4 Å². The minimum atomic E-state index is -0.283. The van der Waals surface area contributed by atoms with Crippen molar-refractivity contribution in [3.05, 3.63) is 93.9 Å². The van der Waals surface area contributed by atoms with Gasteiger partial charge in [-0.3, -0.25) is 0 Å². The van der Waals surface area contributed by atoms with Crippen LogP contribution in [0.1, 0.15) is 54.5 Å². The van der Waals surface area contributed by atoms with Gasteiger partial charge in [0.2, 0.25) is 0 Å². The van der Waals surface area contributed by atoms with E-state index in [0.717, 1.165) is 43.6 Å². The Bertz CT molecular complexity index is 1210. The summed E-state index contributed by atoms with van der Waals surface area (Å²) < 4.78 is 1.96. The maximum absolute atomic E-state index is 9.91. The predicted molar refractivity (Wildman–Crippen MR) is 130 cm³/mol. The number of hydrogen-bond donors (Lipinski definition) is 2. The zero-order valence-corrected chi connectivity index (χ0v) is 19.5. The van der Waals surface area contributed by atoms with Crippen LogP contribution in [-0.2, 0) is 18.7 Å². The van der Waals surface area contributed by atoms with Crippen LogP contribution in [0.4, 0.5) is 0 Å². The number of guanidine groups is 1. The second-order valence-electron chi connectivity index (χ2n) is 8.75. The Kier molecular flexibility index (Phi) is 6.22. The molecule has 1 atom stereocenters. The van der Waals surface area contributed by atoms with Crippen LogP contribution in [0.15, 0.2) is 59.6 Å². The number of rotatable bonds is 6. The van der Waals surface area contributed by atoms with Crippen LogP contribution in [0, 0.1) is 6.57 Å². The van der Waals surface area contributed by atoms with Crippen molar-refractivity contribution in [1.29, 1.82) is 0 Å². The standard InChI is InChI=1S/C25H26ClN7O/c1-27-31-24(28-25(13-14-25)19-6-3-2-4-7-19)32-15-5-8-21(32)23-30-29-22(17-34)33(23)16-18-9-11-20(26)12-10-18/h2-4,6-7,9-12,21,34H,5,8,13-17H2,(H,28,31)/t21-/m1/s1. The Morgan fingerprint density at radius 1 is 1.18 bits per heavy atom. The van der Waals surface area contributed by atoms with Crippen LogP contribution in [-0.4, -0.2) is 37.3 Å². The number of likely N-dealkylation sites (tertiary alicyclic amines) is 1. The Balaban J connectivity index is 1.48. The fraction of sp³-hybridized carbons (Fsp3) is 0.360. The topological polar surface area (TPSA) is 82.9 Å². The Hall–Kier alpha value is -3.41. The minimum Gasteiger partial charge on any atom is -0.388 e. The first-order valence-electron chi connectivity index (χ1n) is 11.5. The molecule has 1 saturated carbocycles. The second-order valence-corrected chi connectivity index (χ2v) is 9.19. The van der Waals surface area contributed by atoms with Crippen molar-refractivity contribution >= 4 is 17.6 Å². The van der Waals surface area contributed by atoms with E-state index in [-0.39, 0.29) is 18.2 Å². The lowest BCUT2D eigenvalue weighted by molar-refractivity contribution is 0.264. The van der Waals surface area contributed by atoms with Crippen molar-refractivity contribution < 1.29 is 5.11 Å². The molecular weight excluding hydrogens is 450 g/mol. The number of aliphatic hydroxyl groups excluding tert-OH is 1. The Morgan fingerprint density at radius 2 is 1.94 bits per heavy atom. The van der Waals surface area contributed by atoms with E-state index in [4.69, 9.17) is 23.2 Å². The third-order valence-corrected chi connectivity index (χ3v) is 6.84. The number of aliphatic hydroxyl groups is 1. The van der Waals surface area contributed by atoms with Crippen molar-refractivity contribution in [2.24, 2.45) is 4.99 Å². The van der Waals surface area contributed by atoms with E-state index in [1.165, 1.54) is 5.56 Å². The summed E-state index contributed by atoms with van der Waals surface area (Å²) in [4.78, 5) is 10.7. The zero-order chi connectivity index (χ0) is 23.5. The van der Waals surface area contributed by atoms with E-state index in [1.807, 2.05) is 47.0 Å². The van der Waals surface area contributed by atoms with Gasteiger partial charge in [0.15, 0.2) is 11.6 Å². The van der Waals surface area contributed by atoms with Gasteiger partial charge in [-0.15, -0.1) is 10.2 Å². The highest BCUT2D eigenvalue weighted by Gasteiger charge is 2.46. The van der Waals surface area contributed by atoms with Gasteiger partial charge in [-0.2, -0.15) is 11.5 Å². The number of nitrogens with one attached hydrogen (secondary N) is 1. The fourth-order valence-electron chi connectivity index (χ4n) is 4.68. The molecule has 0 amide bonds. The number of halogens is 1. The molecule has 9 heteroatoms. The molecule has 2 N–H and O–H groups in total. The van der Waals surface area contributed by atoms with Gasteiger partial charge in [-0.1, -0.05) is 59.5 Å². The van der Waals surface area contributed by atoms with E-state index in [1.54, 1.807) is 0 Å². The largest absolute Gasteiger partial charge is 0.388 e. The molecule has 34 heavy (non-hydrogen) atoms. The molecule has 0 radical (unpaired) electrons. The lowest BCUT2D eigenvalue weighted by Crippen LogP contribution is -2.40. The van der Waals surface area contributed by atoms with Crippen LogP contribution >= 0.6 is 11.6 Å². The average Bonchev–Trinajstić information content (AvgIpc) is 3.30. The number of nitrogens with zero attached hydrogens (tertiary/aromatic N) is 6. The maximum atomic E-state index is 9.91. The summed E-state index contributed by atoms with van der Waals surface area (Å²) in [5.74, 6) is 1.85. The molecule has 0 bridgehead atoms. The van der Waals surface area contributed by atoms with Crippen LogP contribution in [0.25, 0.3) is 4.95 Å². The van der Waals surface area contributed by atoms with E-state index in [0.29, 0.717) is 23.4 Å². The normalized spacial score (nSPS) is 19.1. The lowest BCUT2D eigenvalue weighted by Gasteiger charge is -2.26. The Morgan fingerprint density at radius 3 is 2.62 bits per heavy atom. The zero-order valence-electron chi connectivity index (χ0n) is 18.7.